The van der Waals surface area contributed by atoms with E-state index in [-0.39, 0.29) is 23.7 Å². The number of benzene rings is 1. The fourth-order valence-electron chi connectivity index (χ4n) is 3.23. The van der Waals surface area contributed by atoms with Crippen molar-refractivity contribution >= 4 is 18.0 Å². The molecule has 0 aliphatic carbocycles. The second-order valence-electron chi connectivity index (χ2n) is 8.04. The average molecular weight is 493 g/mol. The Kier molecular flexibility index (Phi) is 9.44. The highest BCUT2D eigenvalue weighted by Gasteiger charge is 2.26. The number of carboxylic acid groups (broad SMARTS) is 1. The highest BCUT2D eigenvalue weighted by atomic mass is 19.4. The summed E-state index contributed by atoms with van der Waals surface area (Å²) in [6, 6.07) is 7.40. The zero-order valence-electron chi connectivity index (χ0n) is 19.2. The van der Waals surface area contributed by atoms with Crippen LogP contribution < -0.4 is 10.9 Å². The van der Waals surface area contributed by atoms with Gasteiger partial charge in [-0.3, -0.25) is 10.1 Å². The Morgan fingerprint density at radius 1 is 1.20 bits per heavy atom. The maximum atomic E-state index is 12.8. The van der Waals surface area contributed by atoms with Crippen molar-refractivity contribution < 1.29 is 37.4 Å². The summed E-state index contributed by atoms with van der Waals surface area (Å²) >= 11 is 0. The van der Waals surface area contributed by atoms with Crippen molar-refractivity contribution in [3.63, 3.8) is 0 Å². The minimum atomic E-state index is -4.24. The fourth-order valence-corrected chi connectivity index (χ4v) is 3.23. The van der Waals surface area contributed by atoms with Gasteiger partial charge in [0.15, 0.2) is 5.78 Å². The van der Waals surface area contributed by atoms with Gasteiger partial charge in [-0.2, -0.15) is 13.2 Å². The molecule has 0 bridgehead atoms. The van der Waals surface area contributed by atoms with E-state index in [0.717, 1.165) is 0 Å². The Bertz CT molecular complexity index is 1160. The molecule has 3 N–H and O–H groups in total. The van der Waals surface area contributed by atoms with E-state index in [1.807, 2.05) is 0 Å². The molecule has 1 aromatic heterocycles. The highest BCUT2D eigenvalue weighted by molar-refractivity contribution is 6.12. The van der Waals surface area contributed by atoms with E-state index < -0.39 is 41.4 Å². The van der Waals surface area contributed by atoms with Gasteiger partial charge >= 0.3 is 17.9 Å². The molecule has 188 valence electrons. The Balaban J connectivity index is 2.11. The summed E-state index contributed by atoms with van der Waals surface area (Å²) in [5, 5.41) is 20.9. The van der Waals surface area contributed by atoms with E-state index in [1.165, 1.54) is 37.4 Å². The Morgan fingerprint density at radius 2 is 1.86 bits per heavy atom. The first-order chi connectivity index (χ1) is 16.4. The summed E-state index contributed by atoms with van der Waals surface area (Å²) in [6.07, 6.45) is -1.21. The van der Waals surface area contributed by atoms with E-state index in [0.29, 0.717) is 24.0 Å². The number of aryl methyl sites for hydroxylation is 1. The zero-order valence-corrected chi connectivity index (χ0v) is 19.2. The number of allylic oxidation sites excluding steroid dienone is 2. The molecule has 1 amide bonds. The SMILES string of the molecule is C/C(=C\c1ccc(CCC(F)(F)F)cc1)C(=O)c1c(O)cc(C(C)CCC=CNC(=O)O)oc1=O. The molecule has 1 unspecified atom stereocenters. The van der Waals surface area contributed by atoms with Gasteiger partial charge in [-0.15, -0.1) is 0 Å². The van der Waals surface area contributed by atoms with E-state index in [2.05, 4.69) is 5.32 Å². The molecule has 1 atom stereocenters. The lowest BCUT2D eigenvalue weighted by atomic mass is 9.99. The van der Waals surface area contributed by atoms with Crippen LogP contribution in [-0.4, -0.2) is 28.3 Å². The molecular weight excluding hydrogens is 467 g/mol. The van der Waals surface area contributed by atoms with Crippen LogP contribution in [0.1, 0.15) is 66.3 Å². The number of nitrogens with one attached hydrogen (secondary N) is 1. The van der Waals surface area contributed by atoms with Gasteiger partial charge in [0.1, 0.15) is 17.1 Å². The predicted octanol–water partition coefficient (Wildman–Crippen LogP) is 5.79. The standard InChI is InChI=1S/C25H26F3NO6/c1-15(5-3-4-12-29-24(33)34)20-14-19(30)21(23(32)35-20)22(31)16(2)13-18-8-6-17(7-9-18)10-11-25(26,27)28/h4,6-9,12-15,29-30H,3,5,10-11H2,1-2H3,(H,33,34)/b12-4?,16-13+. The maximum absolute atomic E-state index is 12.8. The molecule has 0 saturated heterocycles. The van der Waals surface area contributed by atoms with Crippen LogP contribution in [-0.2, 0) is 6.42 Å². The topological polar surface area (TPSA) is 117 Å². The van der Waals surface area contributed by atoms with Crippen LogP contribution in [0.2, 0.25) is 0 Å². The van der Waals surface area contributed by atoms with E-state index in [9.17, 15) is 32.7 Å². The number of Topliss-reactive ketones (excluding diaryl/α,β-unsaturated/α-hetero) is 1. The van der Waals surface area contributed by atoms with Crippen LogP contribution in [0.15, 0.2) is 57.4 Å². The number of hydrogen-bond acceptors (Lipinski definition) is 5. The summed E-state index contributed by atoms with van der Waals surface area (Å²) < 4.78 is 42.3. The second kappa shape index (κ2) is 12.0. The third-order valence-electron chi connectivity index (χ3n) is 5.17. The Labute approximate surface area is 199 Å². The number of amides is 1. The van der Waals surface area contributed by atoms with Crippen LogP contribution in [0.5, 0.6) is 5.75 Å². The number of carbonyl (C=O) groups is 2. The Morgan fingerprint density at radius 3 is 2.43 bits per heavy atom. The van der Waals surface area contributed by atoms with Gasteiger partial charge in [0.2, 0.25) is 0 Å². The number of aromatic hydroxyl groups is 1. The lowest BCUT2D eigenvalue weighted by Gasteiger charge is -2.11. The van der Waals surface area contributed by atoms with Crippen LogP contribution in [0, 0.1) is 0 Å². The Hall–Kier alpha value is -3.82. The first kappa shape index (κ1) is 27.4. The maximum Gasteiger partial charge on any atom is 0.408 e. The van der Waals surface area contributed by atoms with Gasteiger partial charge in [0, 0.05) is 24.6 Å². The molecular formula is C25H26F3NO6. The molecule has 2 rings (SSSR count). The molecule has 0 aliphatic heterocycles. The second-order valence-corrected chi connectivity index (χ2v) is 8.04. The number of carbonyl (C=O) groups excluding carboxylic acids is 1. The van der Waals surface area contributed by atoms with Crippen molar-refractivity contribution in [2.45, 2.75) is 51.6 Å². The molecule has 0 fully saturated rings. The molecule has 1 aromatic carbocycles. The minimum absolute atomic E-state index is 0.132. The van der Waals surface area contributed by atoms with Gasteiger partial charge < -0.3 is 14.6 Å². The van der Waals surface area contributed by atoms with Crippen molar-refractivity contribution in [1.82, 2.24) is 5.32 Å². The third-order valence-corrected chi connectivity index (χ3v) is 5.17. The predicted molar refractivity (Wildman–Crippen MR) is 123 cm³/mol. The smallest absolute Gasteiger partial charge is 0.408 e. The van der Waals surface area contributed by atoms with E-state index in [4.69, 9.17) is 9.52 Å². The summed E-state index contributed by atoms with van der Waals surface area (Å²) in [4.78, 5) is 35.6. The molecule has 10 heteroatoms. The van der Waals surface area contributed by atoms with Gasteiger partial charge in [0.25, 0.3) is 0 Å². The molecule has 7 nitrogen and oxygen atoms in total. The van der Waals surface area contributed by atoms with Gasteiger partial charge in [-0.1, -0.05) is 37.3 Å². The molecule has 1 heterocycles. The number of alkyl halides is 3. The molecule has 0 radical (unpaired) electrons. The highest BCUT2D eigenvalue weighted by Crippen LogP contribution is 2.26. The third kappa shape index (κ3) is 8.80. The molecule has 0 saturated carbocycles. The lowest BCUT2D eigenvalue weighted by molar-refractivity contribution is -0.134. The van der Waals surface area contributed by atoms with Crippen LogP contribution in [0.3, 0.4) is 0 Å². The van der Waals surface area contributed by atoms with Gasteiger partial charge in [-0.05, 0) is 49.0 Å². The van der Waals surface area contributed by atoms with Gasteiger partial charge in [-0.25, -0.2) is 9.59 Å². The van der Waals surface area contributed by atoms with Crippen molar-refractivity contribution in [1.29, 1.82) is 0 Å². The first-order valence-corrected chi connectivity index (χ1v) is 10.8. The summed E-state index contributed by atoms with van der Waals surface area (Å²) in [5.41, 5.74) is -0.323. The fraction of sp³-hybridized carbons (Fsp3) is 0.320. The number of hydrogen-bond donors (Lipinski definition) is 3. The van der Waals surface area contributed by atoms with Crippen molar-refractivity contribution in [2.24, 2.45) is 0 Å². The number of halogens is 3. The lowest BCUT2D eigenvalue weighted by Crippen LogP contribution is -2.16. The largest absolute Gasteiger partial charge is 0.507 e. The van der Waals surface area contributed by atoms with Crippen LogP contribution >= 0.6 is 0 Å². The molecule has 0 aliphatic rings. The van der Waals surface area contributed by atoms with Crippen molar-refractivity contribution in [2.75, 3.05) is 0 Å². The summed E-state index contributed by atoms with van der Waals surface area (Å²) in [5.74, 6) is -1.37. The first-order valence-electron chi connectivity index (χ1n) is 10.8. The number of ketones is 1. The summed E-state index contributed by atoms with van der Waals surface area (Å²) in [6.45, 7) is 3.20. The number of rotatable bonds is 10. The van der Waals surface area contributed by atoms with E-state index >= 15 is 0 Å². The molecule has 2 aromatic rings. The van der Waals surface area contributed by atoms with Gasteiger partial charge in [0.05, 0.1) is 0 Å². The monoisotopic (exact) mass is 493 g/mol. The van der Waals surface area contributed by atoms with Crippen LogP contribution in [0.4, 0.5) is 18.0 Å². The normalized spacial score (nSPS) is 13.1. The van der Waals surface area contributed by atoms with Crippen molar-refractivity contribution in [3.8, 4) is 5.75 Å². The average Bonchev–Trinajstić information content (AvgIpc) is 2.76. The minimum Gasteiger partial charge on any atom is -0.507 e. The zero-order chi connectivity index (χ0) is 26.2. The van der Waals surface area contributed by atoms with Crippen LogP contribution in [0.25, 0.3) is 6.08 Å². The van der Waals surface area contributed by atoms with E-state index in [1.54, 1.807) is 25.1 Å². The summed E-state index contributed by atoms with van der Waals surface area (Å²) in [7, 11) is 0. The molecule has 35 heavy (non-hydrogen) atoms. The quantitative estimate of drug-likeness (QED) is 0.285. The van der Waals surface area contributed by atoms with Crippen molar-refractivity contribution in [3.05, 3.63) is 81.1 Å². The molecule has 0 spiro atoms.